The fourth-order valence-corrected chi connectivity index (χ4v) is 6.16. The highest BCUT2D eigenvalue weighted by molar-refractivity contribution is 7.46. The lowest BCUT2D eigenvalue weighted by atomic mass is 10.0. The number of phosphoric ester groups is 1. The molecule has 0 bridgehead atoms. The predicted octanol–water partition coefficient (Wildman–Crippen LogP) is -0.435. The Hall–Kier alpha value is -4.68. The van der Waals surface area contributed by atoms with Crippen molar-refractivity contribution in [3.05, 3.63) is 54.1 Å². The summed E-state index contributed by atoms with van der Waals surface area (Å²) in [5.41, 5.74) is 6.94. The third kappa shape index (κ3) is 18.0. The Morgan fingerprint density at radius 3 is 2.07 bits per heavy atom. The van der Waals surface area contributed by atoms with Crippen molar-refractivity contribution in [1.82, 2.24) is 36.1 Å². The van der Waals surface area contributed by atoms with Crippen molar-refractivity contribution < 1.29 is 52.7 Å². The van der Waals surface area contributed by atoms with E-state index in [9.17, 15) is 38.4 Å². The van der Waals surface area contributed by atoms with Crippen LogP contribution in [0, 0.1) is 5.92 Å². The van der Waals surface area contributed by atoms with Gasteiger partial charge in [0.05, 0.1) is 25.6 Å². The molecule has 6 amide bonds. The van der Waals surface area contributed by atoms with Crippen LogP contribution in [0.3, 0.4) is 0 Å². The van der Waals surface area contributed by atoms with Gasteiger partial charge >= 0.3 is 7.82 Å². The van der Waals surface area contributed by atoms with Gasteiger partial charge < -0.3 is 51.8 Å². The fourth-order valence-electron chi connectivity index (χ4n) is 5.61. The van der Waals surface area contributed by atoms with E-state index in [2.05, 4.69) is 47.9 Å². The summed E-state index contributed by atoms with van der Waals surface area (Å²) in [6.07, 6.45) is 5.61. The molecule has 1 aromatic carbocycles. The largest absolute Gasteiger partial charge is 0.469 e. The highest BCUT2D eigenvalue weighted by Gasteiger charge is 2.35. The normalized spacial score (nSPS) is 14.2. The maximum Gasteiger partial charge on any atom is 0.469 e. The zero-order valence-corrected chi connectivity index (χ0v) is 32.5. The number of benzene rings is 1. The van der Waals surface area contributed by atoms with E-state index < -0.39 is 74.2 Å². The number of carbonyl (C=O) groups is 6. The number of amides is 6. The van der Waals surface area contributed by atoms with Crippen LogP contribution in [0.5, 0.6) is 0 Å². The maximum absolute atomic E-state index is 13.7. The van der Waals surface area contributed by atoms with E-state index in [0.717, 1.165) is 32.6 Å². The number of aryl methyl sites for hydroxylation is 1. The zero-order valence-electron chi connectivity index (χ0n) is 31.6. The molecular weight excluding hydrogens is 739 g/mol. The molecule has 0 spiro atoms. The number of phosphoric acid groups is 1. The van der Waals surface area contributed by atoms with Gasteiger partial charge in [-0.3, -0.25) is 33.3 Å². The quantitative estimate of drug-likeness (QED) is 0.0457. The molecule has 55 heavy (non-hydrogen) atoms. The molecule has 10 N–H and O–H groups in total. The van der Waals surface area contributed by atoms with Gasteiger partial charge in [0.25, 0.3) is 0 Å². The first-order chi connectivity index (χ1) is 25.9. The van der Waals surface area contributed by atoms with Gasteiger partial charge in [0, 0.05) is 31.8 Å². The monoisotopic (exact) mass is 794 g/mol. The third-order valence-corrected chi connectivity index (χ3v) is 9.04. The number of primary amides is 1. The second kappa shape index (κ2) is 23.3. The van der Waals surface area contributed by atoms with Crippen molar-refractivity contribution in [3.63, 3.8) is 0 Å². The number of hydrogen-bond donors (Lipinski definition) is 9. The van der Waals surface area contributed by atoms with E-state index >= 15 is 0 Å². The smallest absolute Gasteiger partial charge is 0.394 e. The lowest BCUT2D eigenvalue weighted by Gasteiger charge is -2.27. The first kappa shape index (κ1) is 46.5. The van der Waals surface area contributed by atoms with Gasteiger partial charge in [-0.05, 0) is 44.1 Å². The molecule has 1 heterocycles. The molecule has 19 nitrogen and oxygen atoms in total. The van der Waals surface area contributed by atoms with Crippen LogP contribution in [0.25, 0.3) is 0 Å². The zero-order chi connectivity index (χ0) is 41.1. The highest BCUT2D eigenvalue weighted by Crippen LogP contribution is 2.38. The van der Waals surface area contributed by atoms with Gasteiger partial charge in [0.2, 0.25) is 35.4 Å². The number of aliphatic hydroxyl groups is 1. The topological polar surface area (TPSA) is 295 Å². The number of unbranched alkanes of at least 4 members (excludes halogenated alkanes) is 3. The number of aromatic amines is 1. The number of nitrogens with zero attached hydrogens (tertiary/aromatic N) is 2. The van der Waals surface area contributed by atoms with Crippen LogP contribution in [-0.2, 0) is 50.7 Å². The minimum Gasteiger partial charge on any atom is -0.394 e. The second-order valence-electron chi connectivity index (χ2n) is 13.6. The minimum absolute atomic E-state index is 0.0895. The lowest BCUT2D eigenvalue weighted by Crippen LogP contribution is -2.60. The van der Waals surface area contributed by atoms with Crippen LogP contribution < -0.4 is 27.0 Å². The number of H-pyrrole nitrogens is 1. The Bertz CT molecular complexity index is 1590. The van der Waals surface area contributed by atoms with E-state index in [4.69, 9.17) is 15.5 Å². The molecule has 20 heteroatoms. The molecular formula is C35H55N8O11P. The lowest BCUT2D eigenvalue weighted by molar-refractivity contribution is -0.137. The molecule has 1 aromatic heterocycles. The molecule has 0 unspecified atom stereocenters. The third-order valence-electron chi connectivity index (χ3n) is 8.43. The van der Waals surface area contributed by atoms with Crippen LogP contribution in [0.4, 0.5) is 0 Å². The Balaban J connectivity index is 2.10. The molecule has 0 aliphatic heterocycles. The molecule has 0 aliphatic carbocycles. The predicted molar refractivity (Wildman–Crippen MR) is 199 cm³/mol. The van der Waals surface area contributed by atoms with Gasteiger partial charge in [-0.1, -0.05) is 57.0 Å². The molecule has 0 aliphatic rings. The Morgan fingerprint density at radius 2 is 1.51 bits per heavy atom. The Labute approximate surface area is 320 Å². The SMILES string of the molecule is CC(=O)N(CCCCCCc1ccccc1)CC(=O)N[C@H](CC(C)C)C(=O)N[C@H](Cc1cnc[nH]1)C(=O)N[C@H](CO)C(=O)N[C@@H](C(N)=O)[C@@H](C)OP(=O)(O)O. The summed E-state index contributed by atoms with van der Waals surface area (Å²) in [7, 11) is -5.09. The summed E-state index contributed by atoms with van der Waals surface area (Å²) in [6.45, 7) is 5.18. The first-order valence-electron chi connectivity index (χ1n) is 18.0. The molecule has 0 saturated carbocycles. The van der Waals surface area contributed by atoms with E-state index in [1.807, 2.05) is 32.0 Å². The molecule has 2 rings (SSSR count). The van der Waals surface area contributed by atoms with Gasteiger partial charge in [0.15, 0.2) is 0 Å². The van der Waals surface area contributed by atoms with Crippen LogP contribution in [-0.4, -0.2) is 115 Å². The van der Waals surface area contributed by atoms with Crippen molar-refractivity contribution in [2.24, 2.45) is 11.7 Å². The number of rotatable bonds is 25. The number of imidazole rings is 1. The first-order valence-corrected chi connectivity index (χ1v) is 19.5. The Morgan fingerprint density at radius 1 is 0.891 bits per heavy atom. The van der Waals surface area contributed by atoms with Crippen molar-refractivity contribution in [1.29, 1.82) is 0 Å². The number of nitrogens with one attached hydrogen (secondary N) is 5. The molecule has 2 aromatic rings. The van der Waals surface area contributed by atoms with Crippen molar-refractivity contribution in [2.45, 2.75) is 103 Å². The molecule has 0 radical (unpaired) electrons. The summed E-state index contributed by atoms with van der Waals surface area (Å²) < 4.78 is 15.7. The standard InChI is InChI=1S/C35H55N8O11P/c1-22(2)16-27(39-30(46)19-43(24(4)45)15-11-6-5-8-12-25-13-9-7-10-14-25)33(48)40-28(17-26-18-37-21-38-26)34(49)41-29(20-44)35(50)42-31(32(36)47)23(3)54-55(51,52)53/h7,9-10,13-14,18,21-23,27-29,31,44H,5-6,8,11-12,15-17,19-20H2,1-4H3,(H2,36,47)(H,37,38)(H,39,46)(H,40,48)(H,41,49)(H,42,50)(H2,51,52,53)/t23-,27-,28-,29-,31-/m1/s1. The summed E-state index contributed by atoms with van der Waals surface area (Å²) in [4.78, 5) is 104. The molecule has 0 fully saturated rings. The highest BCUT2D eigenvalue weighted by atomic mass is 31.2. The summed E-state index contributed by atoms with van der Waals surface area (Å²) in [5, 5.41) is 19.6. The average molecular weight is 795 g/mol. The molecule has 5 atom stereocenters. The van der Waals surface area contributed by atoms with E-state index in [0.29, 0.717) is 18.7 Å². The van der Waals surface area contributed by atoms with Gasteiger partial charge in [-0.15, -0.1) is 0 Å². The van der Waals surface area contributed by atoms with Gasteiger partial charge in [-0.2, -0.15) is 0 Å². The van der Waals surface area contributed by atoms with Crippen LogP contribution in [0.2, 0.25) is 0 Å². The minimum atomic E-state index is -5.09. The summed E-state index contributed by atoms with van der Waals surface area (Å²) >= 11 is 0. The number of nitrogens with two attached hydrogens (primary N) is 1. The van der Waals surface area contributed by atoms with Crippen molar-refractivity contribution in [2.75, 3.05) is 19.7 Å². The van der Waals surface area contributed by atoms with E-state index in [1.54, 1.807) is 0 Å². The average Bonchev–Trinajstić information content (AvgIpc) is 3.62. The van der Waals surface area contributed by atoms with Crippen LogP contribution >= 0.6 is 7.82 Å². The van der Waals surface area contributed by atoms with Crippen LogP contribution in [0.1, 0.15) is 71.1 Å². The number of aliphatic hydroxyl groups excluding tert-OH is 1. The second-order valence-corrected chi connectivity index (χ2v) is 14.8. The van der Waals surface area contributed by atoms with Crippen molar-refractivity contribution in [3.8, 4) is 0 Å². The summed E-state index contributed by atoms with van der Waals surface area (Å²) in [6, 6.07) is 4.14. The van der Waals surface area contributed by atoms with E-state index in [-0.39, 0.29) is 31.2 Å². The van der Waals surface area contributed by atoms with Crippen LogP contribution in [0.15, 0.2) is 42.9 Å². The molecule has 0 saturated heterocycles. The maximum atomic E-state index is 13.7. The number of carbonyl (C=O) groups excluding carboxylic acids is 6. The summed E-state index contributed by atoms with van der Waals surface area (Å²) in [5.74, 6) is -5.03. The number of hydrogen-bond acceptors (Lipinski definition) is 10. The van der Waals surface area contributed by atoms with E-state index in [1.165, 1.54) is 29.9 Å². The van der Waals surface area contributed by atoms with Crippen molar-refractivity contribution >= 4 is 43.3 Å². The fraction of sp³-hybridized carbons (Fsp3) is 0.571. The van der Waals surface area contributed by atoms with Gasteiger partial charge in [0.1, 0.15) is 24.2 Å². The van der Waals surface area contributed by atoms with Gasteiger partial charge in [-0.25, -0.2) is 9.55 Å². The number of aromatic nitrogens is 2. The molecule has 306 valence electrons. The Kier molecular flexibility index (Phi) is 19.7.